The second kappa shape index (κ2) is 4.59. The fourth-order valence-corrected chi connectivity index (χ4v) is 4.42. The van der Waals surface area contributed by atoms with Gasteiger partial charge in [-0.25, -0.2) is 0 Å². The van der Waals surface area contributed by atoms with Crippen LogP contribution in [0.5, 0.6) is 5.75 Å². The first kappa shape index (κ1) is 12.9. The molecule has 106 valence electrons. The number of halogens is 1. The van der Waals surface area contributed by atoms with E-state index in [1.165, 1.54) is 25.7 Å². The van der Waals surface area contributed by atoms with Gasteiger partial charge in [0.25, 0.3) is 0 Å². The van der Waals surface area contributed by atoms with E-state index in [4.69, 9.17) is 4.74 Å². The lowest BCUT2D eigenvalue weighted by Crippen LogP contribution is -2.46. The van der Waals surface area contributed by atoms with Crippen molar-refractivity contribution in [3.8, 4) is 5.75 Å². The predicted molar refractivity (Wildman–Crippen MR) is 81.1 cm³/mol. The topological polar surface area (TPSA) is 26.3 Å². The van der Waals surface area contributed by atoms with Gasteiger partial charge in [-0.3, -0.25) is 4.79 Å². The number of carbonyl (C=O) groups is 1. The molecule has 2 nitrogen and oxygen atoms in total. The van der Waals surface area contributed by atoms with Crippen LogP contribution in [0.2, 0.25) is 0 Å². The maximum absolute atomic E-state index is 12.5. The van der Waals surface area contributed by atoms with Crippen molar-refractivity contribution in [2.45, 2.75) is 50.5 Å². The third kappa shape index (κ3) is 2.20. The van der Waals surface area contributed by atoms with Gasteiger partial charge in [-0.05, 0) is 68.6 Å². The molecule has 0 aromatic heterocycles. The van der Waals surface area contributed by atoms with Gasteiger partial charge in [0.15, 0.2) is 5.78 Å². The highest BCUT2D eigenvalue weighted by atomic mass is 79.9. The molecule has 2 fully saturated rings. The molecule has 0 saturated heterocycles. The molecule has 1 aliphatic heterocycles. The van der Waals surface area contributed by atoms with Gasteiger partial charge in [-0.1, -0.05) is 15.9 Å². The molecule has 1 aromatic rings. The van der Waals surface area contributed by atoms with Crippen LogP contribution in [0.1, 0.15) is 55.3 Å². The van der Waals surface area contributed by atoms with Gasteiger partial charge < -0.3 is 4.74 Å². The summed E-state index contributed by atoms with van der Waals surface area (Å²) >= 11 is 3.43. The number of rotatable bonds is 1. The summed E-state index contributed by atoms with van der Waals surface area (Å²) in [6, 6.07) is 5.80. The Labute approximate surface area is 128 Å². The molecule has 2 saturated carbocycles. The van der Waals surface area contributed by atoms with Gasteiger partial charge in [-0.2, -0.15) is 0 Å². The van der Waals surface area contributed by atoms with Gasteiger partial charge in [0.05, 0.1) is 12.0 Å². The summed E-state index contributed by atoms with van der Waals surface area (Å²) in [6.07, 6.45) is 8.00. The number of hydrogen-bond donors (Lipinski definition) is 0. The largest absolute Gasteiger partial charge is 0.486 e. The van der Waals surface area contributed by atoms with Crippen molar-refractivity contribution in [2.75, 3.05) is 0 Å². The lowest BCUT2D eigenvalue weighted by Gasteiger charge is -2.43. The second-order valence-corrected chi connectivity index (χ2v) is 7.64. The van der Waals surface area contributed by atoms with E-state index in [0.717, 1.165) is 40.5 Å². The second-order valence-electron chi connectivity index (χ2n) is 6.72. The van der Waals surface area contributed by atoms with Crippen LogP contribution in [0.15, 0.2) is 22.7 Å². The summed E-state index contributed by atoms with van der Waals surface area (Å²) in [4.78, 5) is 12.5. The van der Waals surface area contributed by atoms with Crippen LogP contribution >= 0.6 is 15.9 Å². The average molecular weight is 335 g/mol. The maximum atomic E-state index is 12.5. The summed E-state index contributed by atoms with van der Waals surface area (Å²) in [5, 5.41) is 0. The van der Waals surface area contributed by atoms with Crippen molar-refractivity contribution in [2.24, 2.45) is 11.8 Å². The zero-order chi connectivity index (χ0) is 13.7. The molecule has 1 spiro atoms. The monoisotopic (exact) mass is 334 g/mol. The van der Waals surface area contributed by atoms with E-state index in [-0.39, 0.29) is 11.4 Å². The van der Waals surface area contributed by atoms with Crippen molar-refractivity contribution >= 4 is 21.7 Å². The van der Waals surface area contributed by atoms with E-state index in [2.05, 4.69) is 15.9 Å². The van der Waals surface area contributed by atoms with Crippen LogP contribution < -0.4 is 4.74 Å². The molecule has 0 N–H and O–H groups in total. The van der Waals surface area contributed by atoms with Crippen LogP contribution in [0.4, 0.5) is 0 Å². The van der Waals surface area contributed by atoms with Gasteiger partial charge in [-0.15, -0.1) is 0 Å². The summed E-state index contributed by atoms with van der Waals surface area (Å²) in [5.74, 6) is 2.75. The Bertz CT molecular complexity index is 564. The van der Waals surface area contributed by atoms with Gasteiger partial charge in [0, 0.05) is 4.47 Å². The minimum absolute atomic E-state index is 0.205. The molecule has 2 atom stereocenters. The molecule has 1 heterocycles. The van der Waals surface area contributed by atoms with Crippen molar-refractivity contribution in [1.29, 1.82) is 0 Å². The summed E-state index contributed by atoms with van der Waals surface area (Å²) in [6.45, 7) is 0. The summed E-state index contributed by atoms with van der Waals surface area (Å²) in [5.41, 5.74) is 0.544. The smallest absolute Gasteiger partial charge is 0.170 e. The molecule has 3 aliphatic rings. The fraction of sp³-hybridized carbons (Fsp3) is 0.588. The Kier molecular flexibility index (Phi) is 2.95. The van der Waals surface area contributed by atoms with Crippen LogP contribution in [0.3, 0.4) is 0 Å². The van der Waals surface area contributed by atoms with Crippen LogP contribution in [0, 0.1) is 11.8 Å². The number of ether oxygens (including phenoxy) is 1. The molecule has 1 aromatic carbocycles. The Balaban J connectivity index is 1.64. The number of carbonyl (C=O) groups excluding carboxylic acids is 1. The van der Waals surface area contributed by atoms with Crippen molar-refractivity contribution in [1.82, 2.24) is 0 Å². The first-order valence-electron chi connectivity index (χ1n) is 7.67. The standard InChI is InChI=1S/C17H19BrO2/c18-13-5-6-16-14(8-13)15(19)10-17(20-16)7-1-2-12(9-17)11-3-4-11/h5-6,8,11-12H,1-4,7,9-10H2. The zero-order valence-electron chi connectivity index (χ0n) is 11.5. The molecule has 2 aliphatic carbocycles. The number of ketones is 1. The predicted octanol–water partition coefficient (Wildman–Crippen LogP) is 4.75. The molecule has 0 radical (unpaired) electrons. The van der Waals surface area contributed by atoms with E-state index < -0.39 is 0 Å². The quantitative estimate of drug-likeness (QED) is 0.740. The third-order valence-electron chi connectivity index (χ3n) is 5.18. The van der Waals surface area contributed by atoms with Crippen LogP contribution in [0.25, 0.3) is 0 Å². The Morgan fingerprint density at radius 1 is 1.20 bits per heavy atom. The first-order chi connectivity index (χ1) is 9.65. The van der Waals surface area contributed by atoms with E-state index in [1.54, 1.807) is 0 Å². The van der Waals surface area contributed by atoms with Crippen LogP contribution in [-0.4, -0.2) is 11.4 Å². The molecular weight excluding hydrogens is 316 g/mol. The Morgan fingerprint density at radius 2 is 2.05 bits per heavy atom. The average Bonchev–Trinajstić information content (AvgIpc) is 3.24. The SMILES string of the molecule is O=C1CC2(CCCC(C3CC3)C2)Oc2ccc(Br)cc21. The molecule has 4 rings (SSSR count). The number of fused-ring (bicyclic) bond motifs is 1. The normalized spacial score (nSPS) is 32.9. The Hall–Kier alpha value is -0.830. The van der Waals surface area contributed by atoms with Crippen molar-refractivity contribution < 1.29 is 9.53 Å². The number of hydrogen-bond acceptors (Lipinski definition) is 2. The molecule has 3 heteroatoms. The number of Topliss-reactive ketones (excluding diaryl/α,β-unsaturated/α-hetero) is 1. The fourth-order valence-electron chi connectivity index (χ4n) is 4.06. The van der Waals surface area contributed by atoms with E-state index >= 15 is 0 Å². The zero-order valence-corrected chi connectivity index (χ0v) is 13.1. The summed E-state index contributed by atoms with van der Waals surface area (Å²) < 4.78 is 7.30. The Morgan fingerprint density at radius 3 is 2.85 bits per heavy atom. The molecule has 0 bridgehead atoms. The van der Waals surface area contributed by atoms with Crippen LogP contribution in [-0.2, 0) is 0 Å². The van der Waals surface area contributed by atoms with E-state index in [9.17, 15) is 4.79 Å². The molecule has 2 unspecified atom stereocenters. The maximum Gasteiger partial charge on any atom is 0.170 e. The van der Waals surface area contributed by atoms with Gasteiger partial charge in [0.1, 0.15) is 11.4 Å². The lowest BCUT2D eigenvalue weighted by molar-refractivity contribution is -0.00741. The molecule has 0 amide bonds. The highest BCUT2D eigenvalue weighted by molar-refractivity contribution is 9.10. The molecule has 20 heavy (non-hydrogen) atoms. The summed E-state index contributed by atoms with van der Waals surface area (Å²) in [7, 11) is 0. The van der Waals surface area contributed by atoms with Crippen molar-refractivity contribution in [3.05, 3.63) is 28.2 Å². The van der Waals surface area contributed by atoms with E-state index in [1.807, 2.05) is 18.2 Å². The van der Waals surface area contributed by atoms with Gasteiger partial charge >= 0.3 is 0 Å². The highest BCUT2D eigenvalue weighted by Crippen LogP contribution is 2.50. The number of benzene rings is 1. The highest BCUT2D eigenvalue weighted by Gasteiger charge is 2.47. The minimum Gasteiger partial charge on any atom is -0.486 e. The molecular formula is C17H19BrO2. The third-order valence-corrected chi connectivity index (χ3v) is 5.67. The van der Waals surface area contributed by atoms with Gasteiger partial charge in [0.2, 0.25) is 0 Å². The van der Waals surface area contributed by atoms with Crippen molar-refractivity contribution in [3.63, 3.8) is 0 Å². The first-order valence-corrected chi connectivity index (χ1v) is 8.46. The lowest BCUT2D eigenvalue weighted by atomic mass is 9.72. The van der Waals surface area contributed by atoms with E-state index in [0.29, 0.717) is 6.42 Å². The minimum atomic E-state index is -0.205.